The summed E-state index contributed by atoms with van der Waals surface area (Å²) in [6.07, 6.45) is 0.0367. The smallest absolute Gasteiger partial charge is 0.251 e. The molecule has 1 aromatic rings. The van der Waals surface area contributed by atoms with Gasteiger partial charge in [0, 0.05) is 12.1 Å². The Morgan fingerprint density at radius 3 is 2.75 bits per heavy atom. The van der Waals surface area contributed by atoms with Crippen LogP contribution < -0.4 is 5.32 Å². The van der Waals surface area contributed by atoms with Gasteiger partial charge in [-0.05, 0) is 44.0 Å². The average Bonchev–Trinajstić information content (AvgIpc) is 2.15. The quantitative estimate of drug-likeness (QED) is 0.818. The molecule has 3 nitrogen and oxygen atoms in total. The summed E-state index contributed by atoms with van der Waals surface area (Å²) >= 11 is 0. The Labute approximate surface area is 94.3 Å². The maximum absolute atomic E-state index is 13.0. The Morgan fingerprint density at radius 1 is 1.50 bits per heavy atom. The highest BCUT2D eigenvalue weighted by atomic mass is 19.1. The van der Waals surface area contributed by atoms with Crippen molar-refractivity contribution in [3.8, 4) is 0 Å². The molecule has 0 radical (unpaired) electrons. The number of carbonyl (C=O) groups is 1. The van der Waals surface area contributed by atoms with Gasteiger partial charge >= 0.3 is 0 Å². The fraction of sp³-hybridized carbons (Fsp3) is 0.417. The minimum Gasteiger partial charge on any atom is -0.393 e. The summed E-state index contributed by atoms with van der Waals surface area (Å²) in [5.41, 5.74) is 1.02. The Morgan fingerprint density at radius 2 is 2.19 bits per heavy atom. The fourth-order valence-corrected chi connectivity index (χ4v) is 1.36. The van der Waals surface area contributed by atoms with Crippen molar-refractivity contribution in [1.82, 2.24) is 5.32 Å². The van der Waals surface area contributed by atoms with Crippen LogP contribution in [0.4, 0.5) is 4.39 Å². The second-order valence-electron chi connectivity index (χ2n) is 3.91. The normalized spacial score (nSPS) is 12.2. The highest BCUT2D eigenvalue weighted by Crippen LogP contribution is 2.08. The molecule has 0 saturated heterocycles. The Kier molecular flexibility index (Phi) is 4.43. The predicted molar refractivity (Wildman–Crippen MR) is 59.8 cm³/mol. The number of aliphatic hydroxyl groups excluding tert-OH is 1. The molecule has 0 aliphatic heterocycles. The molecule has 0 aliphatic carbocycles. The third-order valence-electron chi connectivity index (χ3n) is 2.15. The van der Waals surface area contributed by atoms with Crippen LogP contribution in [0.25, 0.3) is 0 Å². The number of nitrogens with one attached hydrogen (secondary N) is 1. The zero-order valence-corrected chi connectivity index (χ0v) is 9.46. The number of amides is 1. The van der Waals surface area contributed by atoms with Crippen LogP contribution >= 0.6 is 0 Å². The van der Waals surface area contributed by atoms with Crippen molar-refractivity contribution in [2.75, 3.05) is 6.54 Å². The maximum Gasteiger partial charge on any atom is 0.251 e. The van der Waals surface area contributed by atoms with Crippen LogP contribution in [0, 0.1) is 12.7 Å². The molecule has 1 amide bonds. The zero-order valence-electron chi connectivity index (χ0n) is 9.46. The van der Waals surface area contributed by atoms with E-state index in [1.54, 1.807) is 19.9 Å². The molecule has 4 heteroatoms. The molecule has 2 N–H and O–H groups in total. The number of hydrogen-bond donors (Lipinski definition) is 2. The van der Waals surface area contributed by atoms with Crippen LogP contribution in [0.1, 0.15) is 29.3 Å². The maximum atomic E-state index is 13.0. The van der Waals surface area contributed by atoms with Gasteiger partial charge in [0.2, 0.25) is 0 Å². The lowest BCUT2D eigenvalue weighted by Crippen LogP contribution is -2.26. The summed E-state index contributed by atoms with van der Waals surface area (Å²) in [4.78, 5) is 11.6. The summed E-state index contributed by atoms with van der Waals surface area (Å²) in [7, 11) is 0. The molecule has 0 bridgehead atoms. The van der Waals surface area contributed by atoms with E-state index in [0.29, 0.717) is 24.1 Å². The van der Waals surface area contributed by atoms with Crippen molar-refractivity contribution in [2.45, 2.75) is 26.4 Å². The summed E-state index contributed by atoms with van der Waals surface area (Å²) in [6.45, 7) is 3.76. The number of halogens is 1. The highest BCUT2D eigenvalue weighted by molar-refractivity contribution is 5.94. The Balaban J connectivity index is 2.59. The lowest BCUT2D eigenvalue weighted by Gasteiger charge is -2.07. The van der Waals surface area contributed by atoms with Crippen LogP contribution in [0.3, 0.4) is 0 Å². The molecule has 0 fully saturated rings. The Bertz CT molecular complexity index is 357. The van der Waals surface area contributed by atoms with Crippen LogP contribution in [-0.2, 0) is 0 Å². The first-order chi connectivity index (χ1) is 7.49. The monoisotopic (exact) mass is 225 g/mol. The van der Waals surface area contributed by atoms with Crippen LogP contribution in [0.5, 0.6) is 0 Å². The topological polar surface area (TPSA) is 49.3 Å². The largest absolute Gasteiger partial charge is 0.393 e. The number of carbonyl (C=O) groups excluding carboxylic acids is 1. The van der Waals surface area contributed by atoms with Crippen LogP contribution in [0.15, 0.2) is 18.2 Å². The minimum atomic E-state index is -0.449. The van der Waals surface area contributed by atoms with E-state index in [4.69, 9.17) is 5.11 Å². The van der Waals surface area contributed by atoms with Crippen molar-refractivity contribution >= 4 is 5.91 Å². The number of aliphatic hydroxyl groups is 1. The lowest BCUT2D eigenvalue weighted by molar-refractivity contribution is 0.0945. The van der Waals surface area contributed by atoms with Crippen molar-refractivity contribution in [1.29, 1.82) is 0 Å². The molecule has 0 saturated carbocycles. The average molecular weight is 225 g/mol. The summed E-state index contributed by atoms with van der Waals surface area (Å²) in [6, 6.07) is 4.19. The highest BCUT2D eigenvalue weighted by Gasteiger charge is 2.07. The molecule has 1 rings (SSSR count). The van der Waals surface area contributed by atoms with Gasteiger partial charge in [-0.15, -0.1) is 0 Å². The van der Waals surface area contributed by atoms with E-state index in [9.17, 15) is 9.18 Å². The Hall–Kier alpha value is -1.42. The second-order valence-corrected chi connectivity index (χ2v) is 3.91. The van der Waals surface area contributed by atoms with Crippen molar-refractivity contribution < 1.29 is 14.3 Å². The number of rotatable bonds is 4. The lowest BCUT2D eigenvalue weighted by atomic mass is 10.1. The summed E-state index contributed by atoms with van der Waals surface area (Å²) in [5, 5.41) is 11.6. The van der Waals surface area contributed by atoms with Crippen LogP contribution in [-0.4, -0.2) is 23.7 Å². The standard InChI is InChI=1S/C12H16FNO2/c1-8-5-10(7-11(13)6-8)12(16)14-4-3-9(2)15/h5-7,9,15H,3-4H2,1-2H3,(H,14,16). The number of aryl methyl sites for hydroxylation is 1. The molecule has 0 spiro atoms. The van der Waals surface area contributed by atoms with Gasteiger partial charge in [-0.25, -0.2) is 4.39 Å². The van der Waals surface area contributed by atoms with E-state index in [-0.39, 0.29) is 5.91 Å². The van der Waals surface area contributed by atoms with Gasteiger partial charge in [0.15, 0.2) is 0 Å². The molecule has 0 aliphatic rings. The van der Waals surface area contributed by atoms with Gasteiger partial charge in [0.05, 0.1) is 6.10 Å². The molecule has 0 heterocycles. The molecule has 16 heavy (non-hydrogen) atoms. The minimum absolute atomic E-state index is 0.308. The van der Waals surface area contributed by atoms with E-state index in [1.165, 1.54) is 12.1 Å². The first-order valence-electron chi connectivity index (χ1n) is 5.22. The first kappa shape index (κ1) is 12.6. The number of benzene rings is 1. The summed E-state index contributed by atoms with van der Waals surface area (Å²) in [5.74, 6) is -0.732. The molecule has 1 atom stereocenters. The van der Waals surface area contributed by atoms with Gasteiger partial charge in [-0.2, -0.15) is 0 Å². The molecule has 0 aromatic heterocycles. The fourth-order valence-electron chi connectivity index (χ4n) is 1.36. The molecule has 1 unspecified atom stereocenters. The third kappa shape index (κ3) is 3.98. The van der Waals surface area contributed by atoms with Gasteiger partial charge in [-0.1, -0.05) is 0 Å². The van der Waals surface area contributed by atoms with E-state index in [1.807, 2.05) is 0 Å². The third-order valence-corrected chi connectivity index (χ3v) is 2.15. The van der Waals surface area contributed by atoms with Crippen molar-refractivity contribution in [3.63, 3.8) is 0 Å². The van der Waals surface area contributed by atoms with E-state index in [0.717, 1.165) is 0 Å². The van der Waals surface area contributed by atoms with Crippen LogP contribution in [0.2, 0.25) is 0 Å². The van der Waals surface area contributed by atoms with Gasteiger partial charge < -0.3 is 10.4 Å². The van der Waals surface area contributed by atoms with Crippen molar-refractivity contribution in [3.05, 3.63) is 35.1 Å². The van der Waals surface area contributed by atoms with Gasteiger partial charge in [0.1, 0.15) is 5.82 Å². The molecule has 1 aromatic carbocycles. The van der Waals surface area contributed by atoms with Gasteiger partial charge in [0.25, 0.3) is 5.91 Å². The van der Waals surface area contributed by atoms with Gasteiger partial charge in [-0.3, -0.25) is 4.79 Å². The molecule has 88 valence electrons. The van der Waals surface area contributed by atoms with E-state index < -0.39 is 11.9 Å². The zero-order chi connectivity index (χ0) is 12.1. The summed E-state index contributed by atoms with van der Waals surface area (Å²) < 4.78 is 13.0. The first-order valence-corrected chi connectivity index (χ1v) is 5.22. The molecular formula is C12H16FNO2. The molecular weight excluding hydrogens is 209 g/mol. The van der Waals surface area contributed by atoms with E-state index >= 15 is 0 Å². The van der Waals surface area contributed by atoms with E-state index in [2.05, 4.69) is 5.32 Å². The SMILES string of the molecule is Cc1cc(F)cc(C(=O)NCCC(C)O)c1. The number of hydrogen-bond acceptors (Lipinski definition) is 2. The second kappa shape index (κ2) is 5.61. The predicted octanol–water partition coefficient (Wildman–Crippen LogP) is 1.63. The van der Waals surface area contributed by atoms with Crippen molar-refractivity contribution in [2.24, 2.45) is 0 Å².